The Morgan fingerprint density at radius 3 is 2.20 bits per heavy atom. The van der Waals surface area contributed by atoms with Crippen LogP contribution < -0.4 is 9.47 Å². The second-order valence-electron chi connectivity index (χ2n) is 5.93. The molecule has 0 radical (unpaired) electrons. The minimum Gasteiger partial charge on any atom is -0.496 e. The van der Waals surface area contributed by atoms with Gasteiger partial charge in [0, 0.05) is 13.6 Å². The highest BCUT2D eigenvalue weighted by Gasteiger charge is 2.22. The summed E-state index contributed by atoms with van der Waals surface area (Å²) in [5.41, 5.74) is 1.61. The van der Waals surface area contributed by atoms with Gasteiger partial charge in [0.15, 0.2) is 0 Å². The molecule has 0 aromatic heterocycles. The third kappa shape index (κ3) is 4.74. The highest BCUT2D eigenvalue weighted by atomic mass is 32.2. The molecule has 0 unspecified atom stereocenters. The summed E-state index contributed by atoms with van der Waals surface area (Å²) in [7, 11) is -0.356. The Kier molecular flexibility index (Phi) is 6.45. The van der Waals surface area contributed by atoms with Gasteiger partial charge in [-0.2, -0.15) is 0 Å². The van der Waals surface area contributed by atoms with Crippen LogP contribution in [0.15, 0.2) is 47.4 Å². The summed E-state index contributed by atoms with van der Waals surface area (Å²) in [6.07, 6.45) is 0.610. The van der Waals surface area contributed by atoms with E-state index in [4.69, 9.17) is 9.47 Å². The Balaban J connectivity index is 1.99. The zero-order valence-electron chi connectivity index (χ0n) is 15.2. The van der Waals surface area contributed by atoms with E-state index in [-0.39, 0.29) is 4.90 Å². The lowest BCUT2D eigenvalue weighted by atomic mass is 10.1. The van der Waals surface area contributed by atoms with Gasteiger partial charge in [0.1, 0.15) is 11.5 Å². The number of aryl methyl sites for hydroxylation is 2. The fraction of sp³-hybridized carbons (Fsp3) is 0.368. The van der Waals surface area contributed by atoms with Gasteiger partial charge in [0.25, 0.3) is 0 Å². The van der Waals surface area contributed by atoms with Gasteiger partial charge < -0.3 is 9.47 Å². The minimum absolute atomic E-state index is 0.287. The van der Waals surface area contributed by atoms with Crippen LogP contribution >= 0.6 is 0 Å². The molecule has 0 atom stereocenters. The molecule has 2 aromatic rings. The zero-order valence-corrected chi connectivity index (χ0v) is 16.0. The van der Waals surface area contributed by atoms with Crippen LogP contribution in [0.4, 0.5) is 0 Å². The van der Waals surface area contributed by atoms with Crippen molar-refractivity contribution < 1.29 is 17.9 Å². The molecule has 0 fully saturated rings. The Labute approximate surface area is 150 Å². The molecule has 0 bridgehead atoms. The summed E-state index contributed by atoms with van der Waals surface area (Å²) < 4.78 is 37.8. The summed E-state index contributed by atoms with van der Waals surface area (Å²) in [4.78, 5) is 0.287. The highest BCUT2D eigenvalue weighted by molar-refractivity contribution is 7.89. The van der Waals surface area contributed by atoms with Crippen molar-refractivity contribution in [1.82, 2.24) is 4.31 Å². The van der Waals surface area contributed by atoms with Crippen LogP contribution in [-0.4, -0.2) is 40.0 Å². The molecule has 0 spiro atoms. The number of hydrogen-bond donors (Lipinski definition) is 0. The molecule has 0 aliphatic rings. The second kappa shape index (κ2) is 8.36. The van der Waals surface area contributed by atoms with Crippen LogP contribution in [0.1, 0.15) is 17.5 Å². The van der Waals surface area contributed by atoms with Gasteiger partial charge in [-0.1, -0.05) is 18.2 Å². The largest absolute Gasteiger partial charge is 0.496 e. The first-order chi connectivity index (χ1) is 11.9. The lowest BCUT2D eigenvalue weighted by molar-refractivity contribution is 0.296. The Bertz CT molecular complexity index is 780. The van der Waals surface area contributed by atoms with E-state index in [1.807, 2.05) is 44.2 Å². The third-order valence-electron chi connectivity index (χ3n) is 3.98. The van der Waals surface area contributed by atoms with Crippen LogP contribution in [0, 0.1) is 13.8 Å². The van der Waals surface area contributed by atoms with E-state index in [1.165, 1.54) is 4.31 Å². The molecule has 0 amide bonds. The Hall–Kier alpha value is -2.05. The van der Waals surface area contributed by atoms with Gasteiger partial charge >= 0.3 is 0 Å². The number of hydrogen-bond acceptors (Lipinski definition) is 4. The number of ether oxygens (including phenoxy) is 2. The van der Waals surface area contributed by atoms with Crippen molar-refractivity contribution in [2.24, 2.45) is 0 Å². The molecule has 2 aromatic carbocycles. The van der Waals surface area contributed by atoms with Crippen molar-refractivity contribution in [3.63, 3.8) is 0 Å². The smallest absolute Gasteiger partial charge is 0.242 e. The number of para-hydroxylation sites is 1. The first-order valence-corrected chi connectivity index (χ1v) is 9.59. The zero-order chi connectivity index (χ0) is 18.4. The van der Waals surface area contributed by atoms with Crippen molar-refractivity contribution in [2.75, 3.05) is 27.3 Å². The molecule has 136 valence electrons. The van der Waals surface area contributed by atoms with E-state index in [1.54, 1.807) is 26.3 Å². The van der Waals surface area contributed by atoms with Gasteiger partial charge in [-0.15, -0.1) is 0 Å². The van der Waals surface area contributed by atoms with Gasteiger partial charge in [0.2, 0.25) is 10.0 Å². The number of sulfonamides is 1. The van der Waals surface area contributed by atoms with E-state index >= 15 is 0 Å². The maximum Gasteiger partial charge on any atom is 0.242 e. The standard InChI is InChI=1S/C19H25NO4S/c1-15-13-18(14-16(2)19(15)23-4)25(21,22)20(3)11-8-12-24-17-9-6-5-7-10-17/h5-7,9-10,13-14H,8,11-12H2,1-4H3. The summed E-state index contributed by atoms with van der Waals surface area (Å²) >= 11 is 0. The molecule has 0 heterocycles. The molecule has 0 saturated heterocycles. The molecule has 0 N–H and O–H groups in total. The molecule has 2 rings (SSSR count). The van der Waals surface area contributed by atoms with Crippen LogP contribution in [-0.2, 0) is 10.0 Å². The number of methoxy groups -OCH3 is 1. The number of benzene rings is 2. The van der Waals surface area contributed by atoms with Crippen molar-refractivity contribution in [3.8, 4) is 11.5 Å². The number of nitrogens with zero attached hydrogens (tertiary/aromatic N) is 1. The molecular weight excluding hydrogens is 338 g/mol. The van der Waals surface area contributed by atoms with E-state index < -0.39 is 10.0 Å². The molecule has 5 nitrogen and oxygen atoms in total. The maximum absolute atomic E-state index is 12.7. The van der Waals surface area contributed by atoms with Crippen molar-refractivity contribution in [3.05, 3.63) is 53.6 Å². The summed E-state index contributed by atoms with van der Waals surface area (Å²) in [5.74, 6) is 1.51. The van der Waals surface area contributed by atoms with Gasteiger partial charge in [-0.3, -0.25) is 0 Å². The molecular formula is C19H25NO4S. The lowest BCUT2D eigenvalue weighted by Crippen LogP contribution is -2.29. The SMILES string of the molecule is COc1c(C)cc(S(=O)(=O)N(C)CCCOc2ccccc2)cc1C. The predicted octanol–water partition coefficient (Wildman–Crippen LogP) is 3.40. The van der Waals surface area contributed by atoms with E-state index in [9.17, 15) is 8.42 Å². The molecule has 0 saturated carbocycles. The van der Waals surface area contributed by atoms with Crippen molar-refractivity contribution in [2.45, 2.75) is 25.2 Å². The molecule has 6 heteroatoms. The third-order valence-corrected chi connectivity index (χ3v) is 5.81. The number of rotatable bonds is 8. The van der Waals surface area contributed by atoms with E-state index in [0.717, 1.165) is 22.6 Å². The fourth-order valence-corrected chi connectivity index (χ4v) is 4.06. The predicted molar refractivity (Wildman–Crippen MR) is 98.8 cm³/mol. The van der Waals surface area contributed by atoms with Crippen molar-refractivity contribution >= 4 is 10.0 Å². The quantitative estimate of drug-likeness (QED) is 0.675. The second-order valence-corrected chi connectivity index (χ2v) is 7.98. The summed E-state index contributed by atoms with van der Waals surface area (Å²) in [5, 5.41) is 0. The van der Waals surface area contributed by atoms with Crippen LogP contribution in [0.25, 0.3) is 0 Å². The normalized spacial score (nSPS) is 11.6. The Morgan fingerprint density at radius 1 is 1.04 bits per heavy atom. The molecule has 25 heavy (non-hydrogen) atoms. The van der Waals surface area contributed by atoms with E-state index in [2.05, 4.69) is 0 Å². The monoisotopic (exact) mass is 363 g/mol. The first kappa shape index (κ1) is 19.3. The maximum atomic E-state index is 12.7. The van der Waals surface area contributed by atoms with Crippen molar-refractivity contribution in [1.29, 1.82) is 0 Å². The van der Waals surface area contributed by atoms with Crippen LogP contribution in [0.2, 0.25) is 0 Å². The van der Waals surface area contributed by atoms with Gasteiger partial charge in [0.05, 0.1) is 18.6 Å². The lowest BCUT2D eigenvalue weighted by Gasteiger charge is -2.19. The van der Waals surface area contributed by atoms with Gasteiger partial charge in [-0.05, 0) is 55.7 Å². The first-order valence-electron chi connectivity index (χ1n) is 8.15. The summed E-state index contributed by atoms with van der Waals surface area (Å²) in [6.45, 7) is 4.54. The Morgan fingerprint density at radius 2 is 1.64 bits per heavy atom. The molecule has 0 aliphatic carbocycles. The summed E-state index contributed by atoms with van der Waals surface area (Å²) in [6, 6.07) is 12.8. The average Bonchev–Trinajstić information content (AvgIpc) is 2.59. The highest BCUT2D eigenvalue weighted by Crippen LogP contribution is 2.27. The van der Waals surface area contributed by atoms with Gasteiger partial charge in [-0.25, -0.2) is 12.7 Å². The van der Waals surface area contributed by atoms with Crippen LogP contribution in [0.3, 0.4) is 0 Å². The minimum atomic E-state index is -3.53. The topological polar surface area (TPSA) is 55.8 Å². The fourth-order valence-electron chi connectivity index (χ4n) is 2.68. The van der Waals surface area contributed by atoms with E-state index in [0.29, 0.717) is 19.6 Å². The molecule has 0 aliphatic heterocycles. The average molecular weight is 363 g/mol. The van der Waals surface area contributed by atoms with Crippen LogP contribution in [0.5, 0.6) is 11.5 Å².